The van der Waals surface area contributed by atoms with E-state index in [1.54, 1.807) is 14.2 Å². The molecule has 7 heteroatoms. The van der Waals surface area contributed by atoms with E-state index in [-0.39, 0.29) is 23.9 Å². The summed E-state index contributed by atoms with van der Waals surface area (Å²) in [4.78, 5) is 34.2. The number of carbonyl (C=O) groups is 2. The molecule has 0 aromatic heterocycles. The van der Waals surface area contributed by atoms with Crippen molar-refractivity contribution in [1.82, 2.24) is 14.7 Å². The van der Waals surface area contributed by atoms with Crippen LogP contribution in [0.2, 0.25) is 0 Å². The van der Waals surface area contributed by atoms with Crippen LogP contribution in [0.1, 0.15) is 46.3 Å². The van der Waals surface area contributed by atoms with Gasteiger partial charge in [0.2, 0.25) is 5.91 Å². The largest absolute Gasteiger partial charge is 0.497 e. The molecular formula is C27H33N3O4. The lowest BCUT2D eigenvalue weighted by Crippen LogP contribution is -2.54. The Morgan fingerprint density at radius 3 is 2.47 bits per heavy atom. The number of piperazine rings is 1. The van der Waals surface area contributed by atoms with Gasteiger partial charge in [-0.25, -0.2) is 0 Å². The van der Waals surface area contributed by atoms with Crippen molar-refractivity contribution in [2.45, 2.75) is 30.8 Å². The van der Waals surface area contributed by atoms with E-state index >= 15 is 0 Å². The first kappa shape index (κ1) is 22.9. The third kappa shape index (κ3) is 4.30. The van der Waals surface area contributed by atoms with Gasteiger partial charge < -0.3 is 19.3 Å². The average Bonchev–Trinajstić information content (AvgIpc) is 3.72. The van der Waals surface area contributed by atoms with Gasteiger partial charge in [-0.3, -0.25) is 14.5 Å². The molecule has 7 nitrogen and oxygen atoms in total. The minimum Gasteiger partial charge on any atom is -0.497 e. The molecule has 2 atom stereocenters. The topological polar surface area (TPSA) is 62.3 Å². The van der Waals surface area contributed by atoms with Crippen molar-refractivity contribution in [3.05, 3.63) is 65.2 Å². The summed E-state index contributed by atoms with van der Waals surface area (Å²) >= 11 is 0. The molecule has 5 rings (SSSR count). The van der Waals surface area contributed by atoms with Crippen LogP contribution in [0.15, 0.2) is 48.5 Å². The van der Waals surface area contributed by atoms with Gasteiger partial charge in [0.05, 0.1) is 25.7 Å². The van der Waals surface area contributed by atoms with E-state index in [2.05, 4.69) is 4.90 Å². The van der Waals surface area contributed by atoms with Gasteiger partial charge in [0, 0.05) is 51.4 Å². The van der Waals surface area contributed by atoms with Crippen LogP contribution in [0.5, 0.6) is 5.75 Å². The van der Waals surface area contributed by atoms with Crippen LogP contribution in [-0.2, 0) is 9.53 Å². The standard InChI is InChI=1S/C27H33N3O4/c1-33-17-16-28-12-14-29(15-13-28)27(32)24-22-8-3-4-9-23(22)26(31)30(20-10-11-20)25(24)19-6-5-7-21(18-19)34-2/h3-9,18,20,24-25H,10-17H2,1-2H3/t24-,25+/m0/s1. The molecule has 34 heavy (non-hydrogen) atoms. The summed E-state index contributed by atoms with van der Waals surface area (Å²) in [5.74, 6) is 0.425. The van der Waals surface area contributed by atoms with E-state index in [1.807, 2.05) is 58.3 Å². The molecule has 2 fully saturated rings. The zero-order valence-electron chi connectivity index (χ0n) is 20.0. The maximum absolute atomic E-state index is 14.2. The molecule has 0 radical (unpaired) electrons. The molecule has 0 bridgehead atoms. The zero-order valence-corrected chi connectivity index (χ0v) is 20.0. The third-order valence-electron chi connectivity index (χ3n) is 7.31. The number of nitrogens with zero attached hydrogens (tertiary/aromatic N) is 3. The van der Waals surface area contributed by atoms with Gasteiger partial charge in [-0.1, -0.05) is 30.3 Å². The van der Waals surface area contributed by atoms with Gasteiger partial charge in [0.15, 0.2) is 0 Å². The average molecular weight is 464 g/mol. The highest BCUT2D eigenvalue weighted by Gasteiger charge is 2.50. The Hall–Kier alpha value is -2.90. The van der Waals surface area contributed by atoms with Gasteiger partial charge in [0.1, 0.15) is 5.75 Å². The molecule has 2 aromatic rings. The predicted octanol–water partition coefficient (Wildman–Crippen LogP) is 2.93. The summed E-state index contributed by atoms with van der Waals surface area (Å²) in [6, 6.07) is 15.3. The fraction of sp³-hybridized carbons (Fsp3) is 0.481. The molecule has 0 spiro atoms. The van der Waals surface area contributed by atoms with Crippen molar-refractivity contribution in [3.8, 4) is 5.75 Å². The molecule has 180 valence electrons. The lowest BCUT2D eigenvalue weighted by atomic mass is 9.78. The lowest BCUT2D eigenvalue weighted by molar-refractivity contribution is -0.136. The number of methoxy groups -OCH3 is 2. The maximum atomic E-state index is 14.2. The van der Waals surface area contributed by atoms with Gasteiger partial charge in [0.25, 0.3) is 5.91 Å². The Morgan fingerprint density at radius 1 is 1.00 bits per heavy atom. The van der Waals surface area contributed by atoms with Gasteiger partial charge in [-0.2, -0.15) is 0 Å². The Kier molecular flexibility index (Phi) is 6.57. The number of rotatable bonds is 7. The number of benzene rings is 2. The minimum atomic E-state index is -0.438. The summed E-state index contributed by atoms with van der Waals surface area (Å²) in [5.41, 5.74) is 2.45. The molecule has 2 aromatic carbocycles. The number of amides is 2. The Labute approximate surface area is 201 Å². The van der Waals surface area contributed by atoms with E-state index in [0.29, 0.717) is 25.3 Å². The van der Waals surface area contributed by atoms with Crippen molar-refractivity contribution < 1.29 is 19.1 Å². The van der Waals surface area contributed by atoms with Crippen LogP contribution in [0, 0.1) is 0 Å². The molecule has 0 unspecified atom stereocenters. The van der Waals surface area contributed by atoms with Crippen LogP contribution in [0.4, 0.5) is 0 Å². The summed E-state index contributed by atoms with van der Waals surface area (Å²) < 4.78 is 10.7. The molecule has 3 aliphatic rings. The fourth-order valence-corrected chi connectivity index (χ4v) is 5.36. The second-order valence-electron chi connectivity index (χ2n) is 9.39. The van der Waals surface area contributed by atoms with Crippen molar-refractivity contribution in [2.75, 3.05) is 53.6 Å². The van der Waals surface area contributed by atoms with Crippen molar-refractivity contribution in [3.63, 3.8) is 0 Å². The number of hydrogen-bond donors (Lipinski definition) is 0. The van der Waals surface area contributed by atoms with E-state index in [0.717, 1.165) is 49.4 Å². The molecule has 0 N–H and O–H groups in total. The molecule has 2 amide bonds. The van der Waals surface area contributed by atoms with Crippen molar-refractivity contribution in [1.29, 1.82) is 0 Å². The van der Waals surface area contributed by atoms with Gasteiger partial charge in [-0.15, -0.1) is 0 Å². The van der Waals surface area contributed by atoms with Crippen LogP contribution in [0.25, 0.3) is 0 Å². The second-order valence-corrected chi connectivity index (χ2v) is 9.39. The van der Waals surface area contributed by atoms with E-state index in [4.69, 9.17) is 9.47 Å². The molecular weight excluding hydrogens is 430 g/mol. The molecule has 2 heterocycles. The Bertz CT molecular complexity index is 1050. The molecule has 1 aliphatic carbocycles. The third-order valence-corrected chi connectivity index (χ3v) is 7.31. The Morgan fingerprint density at radius 2 is 1.76 bits per heavy atom. The molecule has 1 saturated heterocycles. The quantitative estimate of drug-likeness (QED) is 0.632. The lowest BCUT2D eigenvalue weighted by Gasteiger charge is -2.44. The van der Waals surface area contributed by atoms with Crippen molar-refractivity contribution >= 4 is 11.8 Å². The zero-order chi connectivity index (χ0) is 23.7. The Balaban J connectivity index is 1.52. The second kappa shape index (κ2) is 9.76. The van der Waals surface area contributed by atoms with Crippen LogP contribution < -0.4 is 4.74 Å². The predicted molar refractivity (Wildman–Crippen MR) is 129 cm³/mol. The maximum Gasteiger partial charge on any atom is 0.254 e. The van der Waals surface area contributed by atoms with E-state index in [1.165, 1.54) is 0 Å². The number of ether oxygens (including phenoxy) is 2. The monoisotopic (exact) mass is 463 g/mol. The van der Waals surface area contributed by atoms with Crippen LogP contribution >= 0.6 is 0 Å². The number of fused-ring (bicyclic) bond motifs is 1. The smallest absolute Gasteiger partial charge is 0.254 e. The summed E-state index contributed by atoms with van der Waals surface area (Å²) in [5, 5.41) is 0. The first-order valence-corrected chi connectivity index (χ1v) is 12.2. The van der Waals surface area contributed by atoms with Crippen LogP contribution in [-0.4, -0.2) is 86.1 Å². The van der Waals surface area contributed by atoms with Crippen molar-refractivity contribution in [2.24, 2.45) is 0 Å². The SMILES string of the molecule is COCCN1CCN(C(=O)[C@H]2c3ccccc3C(=O)N(C3CC3)[C@@H]2c2cccc(OC)c2)CC1. The first-order chi connectivity index (χ1) is 16.6. The summed E-state index contributed by atoms with van der Waals surface area (Å²) in [6.07, 6.45) is 1.96. The molecule has 2 aliphatic heterocycles. The van der Waals surface area contributed by atoms with E-state index < -0.39 is 5.92 Å². The number of hydrogen-bond acceptors (Lipinski definition) is 5. The van der Waals surface area contributed by atoms with E-state index in [9.17, 15) is 9.59 Å². The fourth-order valence-electron chi connectivity index (χ4n) is 5.36. The summed E-state index contributed by atoms with van der Waals surface area (Å²) in [7, 11) is 3.36. The highest BCUT2D eigenvalue weighted by molar-refractivity contribution is 6.01. The van der Waals surface area contributed by atoms with Gasteiger partial charge in [-0.05, 0) is 42.2 Å². The minimum absolute atomic E-state index is 0.0272. The highest BCUT2D eigenvalue weighted by atomic mass is 16.5. The van der Waals surface area contributed by atoms with Crippen LogP contribution in [0.3, 0.4) is 0 Å². The molecule has 1 saturated carbocycles. The van der Waals surface area contributed by atoms with Gasteiger partial charge >= 0.3 is 0 Å². The highest BCUT2D eigenvalue weighted by Crippen LogP contribution is 2.48. The number of carbonyl (C=O) groups excluding carboxylic acids is 2. The first-order valence-electron chi connectivity index (χ1n) is 12.2. The normalized spacial score (nSPS) is 23.1. The summed E-state index contributed by atoms with van der Waals surface area (Å²) in [6.45, 7) is 4.60.